The maximum atomic E-state index is 12.5. The highest BCUT2D eigenvalue weighted by atomic mass is 16.2. The minimum absolute atomic E-state index is 0.0428. The topological polar surface area (TPSA) is 78.1 Å². The molecule has 0 saturated carbocycles. The van der Waals surface area contributed by atoms with Crippen molar-refractivity contribution in [2.24, 2.45) is 0 Å². The van der Waals surface area contributed by atoms with Gasteiger partial charge >= 0.3 is 0 Å². The van der Waals surface area contributed by atoms with Crippen molar-refractivity contribution in [1.29, 1.82) is 0 Å². The van der Waals surface area contributed by atoms with Gasteiger partial charge in [-0.2, -0.15) is 0 Å². The Labute approximate surface area is 168 Å². The number of carbonyl (C=O) groups is 2. The van der Waals surface area contributed by atoms with Crippen LogP contribution < -0.4 is 10.2 Å². The zero-order valence-electron chi connectivity index (χ0n) is 16.2. The monoisotopic (exact) mass is 386 g/mol. The number of aromatic amines is 1. The molecule has 2 heterocycles. The normalized spacial score (nSPS) is 10.9. The molecule has 2 N–H and O–H groups in total. The molecule has 0 spiro atoms. The van der Waals surface area contributed by atoms with E-state index in [1.165, 1.54) is 11.8 Å². The van der Waals surface area contributed by atoms with Gasteiger partial charge in [0.15, 0.2) is 0 Å². The lowest BCUT2D eigenvalue weighted by atomic mass is 10.1. The first-order chi connectivity index (χ1) is 14.1. The second kappa shape index (κ2) is 8.14. The van der Waals surface area contributed by atoms with Crippen molar-refractivity contribution >= 4 is 39.3 Å². The minimum Gasteiger partial charge on any atom is -0.361 e. The van der Waals surface area contributed by atoms with Gasteiger partial charge in [-0.25, -0.2) is 0 Å². The summed E-state index contributed by atoms with van der Waals surface area (Å²) < 4.78 is 0. The quantitative estimate of drug-likeness (QED) is 0.533. The van der Waals surface area contributed by atoms with Crippen molar-refractivity contribution < 1.29 is 9.59 Å². The van der Waals surface area contributed by atoms with Crippen molar-refractivity contribution in [3.63, 3.8) is 0 Å². The van der Waals surface area contributed by atoms with Crippen molar-refractivity contribution in [3.05, 3.63) is 72.6 Å². The van der Waals surface area contributed by atoms with E-state index in [9.17, 15) is 9.59 Å². The molecular formula is C23H22N4O2. The van der Waals surface area contributed by atoms with Gasteiger partial charge in [0.1, 0.15) is 6.54 Å². The van der Waals surface area contributed by atoms with Crippen LogP contribution in [0.3, 0.4) is 0 Å². The fourth-order valence-electron chi connectivity index (χ4n) is 3.55. The Morgan fingerprint density at radius 1 is 1.07 bits per heavy atom. The summed E-state index contributed by atoms with van der Waals surface area (Å²) in [7, 11) is 0. The van der Waals surface area contributed by atoms with E-state index in [0.29, 0.717) is 24.2 Å². The molecule has 0 unspecified atom stereocenters. The molecule has 6 nitrogen and oxygen atoms in total. The van der Waals surface area contributed by atoms with E-state index in [2.05, 4.69) is 21.4 Å². The maximum absolute atomic E-state index is 12.5. The van der Waals surface area contributed by atoms with E-state index in [4.69, 9.17) is 0 Å². The molecule has 0 aliphatic rings. The average Bonchev–Trinajstić information content (AvgIpc) is 3.15. The van der Waals surface area contributed by atoms with Crippen LogP contribution in [0.5, 0.6) is 0 Å². The molecule has 4 rings (SSSR count). The van der Waals surface area contributed by atoms with E-state index in [-0.39, 0.29) is 18.4 Å². The highest BCUT2D eigenvalue weighted by Crippen LogP contribution is 2.24. The van der Waals surface area contributed by atoms with Crippen molar-refractivity contribution in [2.75, 3.05) is 18.0 Å². The van der Waals surface area contributed by atoms with Gasteiger partial charge < -0.3 is 15.2 Å². The number of nitrogens with one attached hydrogen (secondary N) is 2. The Morgan fingerprint density at radius 3 is 2.76 bits per heavy atom. The van der Waals surface area contributed by atoms with Gasteiger partial charge in [-0.1, -0.05) is 36.4 Å². The first-order valence-corrected chi connectivity index (χ1v) is 9.57. The summed E-state index contributed by atoms with van der Waals surface area (Å²) in [6.07, 6.45) is 4.37. The third kappa shape index (κ3) is 3.96. The molecule has 0 bridgehead atoms. The highest BCUT2D eigenvalue weighted by molar-refractivity contribution is 6.04. The number of carbonyl (C=O) groups excluding carboxylic acids is 2. The van der Waals surface area contributed by atoms with Gasteiger partial charge in [0.2, 0.25) is 11.8 Å². The number of benzene rings is 2. The number of para-hydroxylation sites is 2. The van der Waals surface area contributed by atoms with Crippen LogP contribution in [0.2, 0.25) is 0 Å². The van der Waals surface area contributed by atoms with E-state index in [0.717, 1.165) is 21.9 Å². The summed E-state index contributed by atoms with van der Waals surface area (Å²) >= 11 is 0. The molecule has 4 aromatic rings. The lowest BCUT2D eigenvalue weighted by molar-refractivity contribution is -0.123. The highest BCUT2D eigenvalue weighted by Gasteiger charge is 2.18. The number of pyridine rings is 1. The predicted molar refractivity (Wildman–Crippen MR) is 115 cm³/mol. The Bertz CT molecular complexity index is 1180. The van der Waals surface area contributed by atoms with E-state index in [1.54, 1.807) is 6.20 Å². The fourth-order valence-corrected chi connectivity index (χ4v) is 3.55. The Morgan fingerprint density at radius 2 is 1.90 bits per heavy atom. The van der Waals surface area contributed by atoms with Gasteiger partial charge in [0.05, 0.1) is 11.2 Å². The smallest absolute Gasteiger partial charge is 0.240 e. The van der Waals surface area contributed by atoms with E-state index in [1.807, 2.05) is 54.7 Å². The number of rotatable bonds is 6. The molecule has 29 heavy (non-hydrogen) atoms. The molecule has 0 radical (unpaired) electrons. The van der Waals surface area contributed by atoms with Crippen molar-refractivity contribution in [2.45, 2.75) is 13.3 Å². The van der Waals surface area contributed by atoms with Gasteiger partial charge in [-0.3, -0.25) is 14.6 Å². The molecular weight excluding hydrogens is 364 g/mol. The molecule has 0 aliphatic heterocycles. The summed E-state index contributed by atoms with van der Waals surface area (Å²) in [5.74, 6) is -0.400. The number of H-pyrrole nitrogens is 1. The molecule has 2 aromatic carbocycles. The fraction of sp³-hybridized carbons (Fsp3) is 0.174. The van der Waals surface area contributed by atoms with Crippen LogP contribution in [0.4, 0.5) is 5.69 Å². The number of fused-ring (bicyclic) bond motifs is 2. The summed E-state index contributed by atoms with van der Waals surface area (Å²) in [4.78, 5) is 33.9. The molecule has 2 amide bonds. The summed E-state index contributed by atoms with van der Waals surface area (Å²) in [5.41, 5.74) is 3.58. The summed E-state index contributed by atoms with van der Waals surface area (Å²) in [5, 5.41) is 5.01. The van der Waals surface area contributed by atoms with Gasteiger partial charge in [-0.15, -0.1) is 0 Å². The standard InChI is InChI=1S/C23H22N4O2/c1-16(28)27(21-10-4-6-17-7-5-12-25-23(17)21)15-22(29)24-13-11-18-14-26-20-9-3-2-8-19(18)20/h2-10,12,14,26H,11,13,15H2,1H3,(H,24,29). The van der Waals surface area contributed by atoms with Crippen LogP contribution in [0.1, 0.15) is 12.5 Å². The van der Waals surface area contributed by atoms with Crippen LogP contribution in [0.15, 0.2) is 67.0 Å². The van der Waals surface area contributed by atoms with Crippen molar-refractivity contribution in [1.82, 2.24) is 15.3 Å². The SMILES string of the molecule is CC(=O)N(CC(=O)NCCc1c[nH]c2ccccc12)c1cccc2cccnc12. The van der Waals surface area contributed by atoms with Gasteiger partial charge in [-0.05, 0) is 30.2 Å². The predicted octanol–water partition coefficient (Wildman–Crippen LogP) is 3.43. The number of aromatic nitrogens is 2. The van der Waals surface area contributed by atoms with Crippen LogP contribution in [-0.2, 0) is 16.0 Å². The third-order valence-corrected chi connectivity index (χ3v) is 4.98. The largest absolute Gasteiger partial charge is 0.361 e. The van der Waals surface area contributed by atoms with Gasteiger partial charge in [0.25, 0.3) is 0 Å². The van der Waals surface area contributed by atoms with E-state index < -0.39 is 0 Å². The van der Waals surface area contributed by atoms with Crippen LogP contribution in [0, 0.1) is 0 Å². The summed E-state index contributed by atoms with van der Waals surface area (Å²) in [6, 6.07) is 17.5. The maximum Gasteiger partial charge on any atom is 0.240 e. The number of nitrogens with zero attached hydrogens (tertiary/aromatic N) is 2. The molecule has 146 valence electrons. The van der Waals surface area contributed by atoms with E-state index >= 15 is 0 Å². The Balaban J connectivity index is 1.43. The number of amides is 2. The Hall–Kier alpha value is -3.67. The first kappa shape index (κ1) is 18.7. The third-order valence-electron chi connectivity index (χ3n) is 4.98. The number of anilines is 1. The molecule has 0 saturated heterocycles. The Kier molecular flexibility index (Phi) is 5.24. The van der Waals surface area contributed by atoms with Crippen LogP contribution in [-0.4, -0.2) is 34.9 Å². The number of hydrogen-bond acceptors (Lipinski definition) is 3. The van der Waals surface area contributed by atoms with Crippen molar-refractivity contribution in [3.8, 4) is 0 Å². The van der Waals surface area contributed by atoms with Crippen LogP contribution in [0.25, 0.3) is 21.8 Å². The second-order valence-corrected chi connectivity index (χ2v) is 6.92. The lowest BCUT2D eigenvalue weighted by Gasteiger charge is -2.21. The molecule has 6 heteroatoms. The zero-order chi connectivity index (χ0) is 20.2. The summed E-state index contributed by atoms with van der Waals surface area (Å²) in [6.45, 7) is 1.92. The second-order valence-electron chi connectivity index (χ2n) is 6.92. The van der Waals surface area contributed by atoms with Crippen LogP contribution >= 0.6 is 0 Å². The molecule has 0 aliphatic carbocycles. The zero-order valence-corrected chi connectivity index (χ0v) is 16.2. The molecule has 0 fully saturated rings. The first-order valence-electron chi connectivity index (χ1n) is 9.57. The molecule has 0 atom stereocenters. The number of hydrogen-bond donors (Lipinski definition) is 2. The minimum atomic E-state index is -0.201. The molecule has 2 aromatic heterocycles. The van der Waals surface area contributed by atoms with Gasteiger partial charge in [0, 0.05) is 42.2 Å². The average molecular weight is 386 g/mol. The lowest BCUT2D eigenvalue weighted by Crippen LogP contribution is -2.40.